The standard InChI is InChI=1S/C22H27N5O3/c1-26-12-15(11-23-26)16-4-5-18(29-2)17-10-19(24-20(16)17)25-21(28)27-8-7-22(13-27)6-3-9-30-14-22/h4-5,11-12H,3,6-10,13-14H2,1-2H3,(H,24,25,28). The van der Waals surface area contributed by atoms with Gasteiger partial charge in [-0.15, -0.1) is 0 Å². The molecule has 3 aliphatic rings. The van der Waals surface area contributed by atoms with E-state index in [0.717, 1.165) is 73.7 Å². The maximum absolute atomic E-state index is 12.9. The minimum Gasteiger partial charge on any atom is -0.496 e. The van der Waals surface area contributed by atoms with E-state index in [0.29, 0.717) is 12.3 Å². The molecule has 1 aromatic heterocycles. The molecule has 2 fully saturated rings. The number of hydrogen-bond donors (Lipinski definition) is 1. The van der Waals surface area contributed by atoms with Crippen molar-refractivity contribution in [2.75, 3.05) is 33.4 Å². The Morgan fingerprint density at radius 2 is 2.23 bits per heavy atom. The number of urea groups is 1. The van der Waals surface area contributed by atoms with Crippen LogP contribution >= 0.6 is 0 Å². The van der Waals surface area contributed by atoms with E-state index in [1.54, 1.807) is 11.8 Å². The molecular formula is C22H27N5O3. The molecule has 2 saturated heterocycles. The van der Waals surface area contributed by atoms with Gasteiger partial charge >= 0.3 is 6.03 Å². The molecule has 0 saturated carbocycles. The molecule has 8 nitrogen and oxygen atoms in total. The number of amides is 2. The van der Waals surface area contributed by atoms with Crippen molar-refractivity contribution in [3.8, 4) is 16.9 Å². The number of aromatic nitrogens is 2. The van der Waals surface area contributed by atoms with Crippen molar-refractivity contribution in [2.24, 2.45) is 17.5 Å². The summed E-state index contributed by atoms with van der Waals surface area (Å²) in [5, 5.41) is 7.32. The third kappa shape index (κ3) is 3.35. The van der Waals surface area contributed by atoms with E-state index in [1.807, 2.05) is 36.5 Å². The van der Waals surface area contributed by atoms with Crippen LogP contribution in [0.3, 0.4) is 0 Å². The number of aryl methyl sites for hydroxylation is 1. The highest BCUT2D eigenvalue weighted by Gasteiger charge is 2.41. The summed E-state index contributed by atoms with van der Waals surface area (Å²) in [5.74, 6) is 1.44. The quantitative estimate of drug-likeness (QED) is 0.827. The highest BCUT2D eigenvalue weighted by atomic mass is 16.5. The molecule has 5 rings (SSSR count). The second-order valence-corrected chi connectivity index (χ2v) is 8.54. The van der Waals surface area contributed by atoms with Gasteiger partial charge in [-0.2, -0.15) is 5.10 Å². The van der Waals surface area contributed by atoms with Crippen molar-refractivity contribution >= 4 is 17.6 Å². The van der Waals surface area contributed by atoms with Gasteiger partial charge in [-0.25, -0.2) is 9.79 Å². The first kappa shape index (κ1) is 19.1. The van der Waals surface area contributed by atoms with E-state index in [2.05, 4.69) is 10.4 Å². The van der Waals surface area contributed by atoms with Crippen LogP contribution in [0.4, 0.5) is 10.5 Å². The van der Waals surface area contributed by atoms with Gasteiger partial charge in [0.05, 0.1) is 25.6 Å². The fraction of sp³-hybridized carbons (Fsp3) is 0.500. The summed E-state index contributed by atoms with van der Waals surface area (Å²) in [6.45, 7) is 3.11. The largest absolute Gasteiger partial charge is 0.496 e. The fourth-order valence-electron chi connectivity index (χ4n) is 4.86. The first-order valence-electron chi connectivity index (χ1n) is 10.5. The molecule has 4 heterocycles. The first-order valence-corrected chi connectivity index (χ1v) is 10.5. The van der Waals surface area contributed by atoms with E-state index in [9.17, 15) is 4.79 Å². The van der Waals surface area contributed by atoms with E-state index < -0.39 is 0 Å². The summed E-state index contributed by atoms with van der Waals surface area (Å²) < 4.78 is 13.0. The fourth-order valence-corrected chi connectivity index (χ4v) is 4.86. The number of fused-ring (bicyclic) bond motifs is 1. The lowest BCUT2D eigenvalue weighted by atomic mass is 9.82. The lowest BCUT2D eigenvalue weighted by molar-refractivity contribution is -0.000361. The predicted molar refractivity (Wildman–Crippen MR) is 113 cm³/mol. The molecule has 1 atom stereocenters. The second-order valence-electron chi connectivity index (χ2n) is 8.54. The SMILES string of the molecule is COc1ccc(-c2cnn(C)c2)c2c1CC(NC(=O)N1CCC3(CCCOC3)C1)=N2. The van der Waals surface area contributed by atoms with Crippen molar-refractivity contribution in [3.05, 3.63) is 30.1 Å². The Hall–Kier alpha value is -2.87. The zero-order valence-corrected chi connectivity index (χ0v) is 17.5. The van der Waals surface area contributed by atoms with Gasteiger partial charge in [0.25, 0.3) is 0 Å². The highest BCUT2D eigenvalue weighted by molar-refractivity contribution is 6.04. The number of hydrogen-bond acceptors (Lipinski definition) is 5. The zero-order chi connectivity index (χ0) is 20.7. The van der Waals surface area contributed by atoms with Crippen LogP contribution in [0.1, 0.15) is 24.8 Å². The summed E-state index contributed by atoms with van der Waals surface area (Å²) in [5.41, 5.74) is 3.95. The van der Waals surface area contributed by atoms with Crippen LogP contribution in [-0.4, -0.2) is 60.0 Å². The number of methoxy groups -OCH3 is 1. The van der Waals surface area contributed by atoms with Crippen LogP contribution in [0.25, 0.3) is 11.1 Å². The summed E-state index contributed by atoms with van der Waals surface area (Å²) in [4.78, 5) is 19.6. The topological polar surface area (TPSA) is 81.0 Å². The number of carbonyl (C=O) groups is 1. The smallest absolute Gasteiger partial charge is 0.322 e. The minimum atomic E-state index is -0.0779. The molecule has 1 unspecified atom stereocenters. The number of carbonyl (C=O) groups excluding carboxylic acids is 1. The molecule has 3 aliphatic heterocycles. The van der Waals surface area contributed by atoms with Crippen LogP contribution in [-0.2, 0) is 18.2 Å². The Bertz CT molecular complexity index is 1010. The average molecular weight is 409 g/mol. The maximum Gasteiger partial charge on any atom is 0.322 e. The third-order valence-corrected chi connectivity index (χ3v) is 6.45. The Balaban J connectivity index is 1.35. The molecule has 158 valence electrons. The van der Waals surface area contributed by atoms with Gasteiger partial charge < -0.3 is 14.4 Å². The molecule has 0 radical (unpaired) electrons. The van der Waals surface area contributed by atoms with Gasteiger partial charge in [-0.1, -0.05) is 0 Å². The van der Waals surface area contributed by atoms with E-state index in [4.69, 9.17) is 14.5 Å². The van der Waals surface area contributed by atoms with E-state index >= 15 is 0 Å². The van der Waals surface area contributed by atoms with E-state index in [-0.39, 0.29) is 11.4 Å². The molecule has 2 amide bonds. The van der Waals surface area contributed by atoms with Gasteiger partial charge in [0.15, 0.2) is 0 Å². The van der Waals surface area contributed by atoms with Gasteiger partial charge in [-0.3, -0.25) is 10.00 Å². The van der Waals surface area contributed by atoms with Crippen molar-refractivity contribution < 1.29 is 14.3 Å². The van der Waals surface area contributed by atoms with Gasteiger partial charge in [0.2, 0.25) is 0 Å². The van der Waals surface area contributed by atoms with Crippen LogP contribution in [0, 0.1) is 5.41 Å². The van der Waals surface area contributed by atoms with E-state index in [1.165, 1.54) is 0 Å². The number of likely N-dealkylation sites (tertiary alicyclic amines) is 1. The van der Waals surface area contributed by atoms with Crippen LogP contribution in [0.5, 0.6) is 5.75 Å². The maximum atomic E-state index is 12.9. The number of nitrogens with one attached hydrogen (secondary N) is 1. The Labute approximate surface area is 175 Å². The lowest BCUT2D eigenvalue weighted by Crippen LogP contribution is -2.44. The minimum absolute atomic E-state index is 0.0779. The van der Waals surface area contributed by atoms with Crippen LogP contribution < -0.4 is 10.1 Å². The summed E-state index contributed by atoms with van der Waals surface area (Å²) >= 11 is 0. The Kier molecular flexibility index (Phi) is 4.73. The van der Waals surface area contributed by atoms with Gasteiger partial charge in [0.1, 0.15) is 11.6 Å². The molecule has 1 spiro atoms. The highest BCUT2D eigenvalue weighted by Crippen LogP contribution is 2.42. The molecule has 8 heteroatoms. The first-order chi connectivity index (χ1) is 14.6. The molecule has 1 N–H and O–H groups in total. The summed E-state index contributed by atoms with van der Waals surface area (Å²) in [6.07, 6.45) is 7.55. The van der Waals surface area contributed by atoms with Crippen molar-refractivity contribution in [3.63, 3.8) is 0 Å². The number of aliphatic imine (C=N–C) groups is 1. The molecule has 0 bridgehead atoms. The normalized spacial score (nSPS) is 22.9. The Morgan fingerprint density at radius 3 is 2.97 bits per heavy atom. The molecule has 1 aromatic carbocycles. The Morgan fingerprint density at radius 1 is 1.33 bits per heavy atom. The molecule has 2 aromatic rings. The zero-order valence-electron chi connectivity index (χ0n) is 17.5. The van der Waals surface area contributed by atoms with Crippen molar-refractivity contribution in [2.45, 2.75) is 25.7 Å². The third-order valence-electron chi connectivity index (χ3n) is 6.45. The molecule has 30 heavy (non-hydrogen) atoms. The van der Waals surface area contributed by atoms with Crippen molar-refractivity contribution in [1.82, 2.24) is 20.0 Å². The van der Waals surface area contributed by atoms with Crippen LogP contribution in [0.2, 0.25) is 0 Å². The van der Waals surface area contributed by atoms with Crippen molar-refractivity contribution in [1.29, 1.82) is 0 Å². The molecule has 0 aliphatic carbocycles. The summed E-state index contributed by atoms with van der Waals surface area (Å²) in [6, 6.07) is 3.87. The monoisotopic (exact) mass is 409 g/mol. The van der Waals surface area contributed by atoms with Gasteiger partial charge in [-0.05, 0) is 31.4 Å². The van der Waals surface area contributed by atoms with Crippen LogP contribution in [0.15, 0.2) is 29.5 Å². The number of benzene rings is 1. The summed E-state index contributed by atoms with van der Waals surface area (Å²) in [7, 11) is 3.55. The number of nitrogens with zero attached hydrogens (tertiary/aromatic N) is 4. The lowest BCUT2D eigenvalue weighted by Gasteiger charge is -2.32. The number of amidine groups is 1. The predicted octanol–water partition coefficient (Wildman–Crippen LogP) is 2.89. The van der Waals surface area contributed by atoms with Gasteiger partial charge in [0, 0.05) is 61.5 Å². The molecular weight excluding hydrogens is 382 g/mol. The number of rotatable bonds is 2. The average Bonchev–Trinajstić information content (AvgIpc) is 3.47. The number of ether oxygens (including phenoxy) is 2. The second kappa shape index (κ2) is 7.43.